The minimum absolute atomic E-state index is 0.0583. The lowest BCUT2D eigenvalue weighted by Crippen LogP contribution is -2.52. The van der Waals surface area contributed by atoms with Crippen molar-refractivity contribution in [3.8, 4) is 17.5 Å². The zero-order valence-electron chi connectivity index (χ0n) is 29.8. The van der Waals surface area contributed by atoms with E-state index in [9.17, 15) is 28.3 Å². The van der Waals surface area contributed by atoms with Gasteiger partial charge in [0.25, 0.3) is 0 Å². The molecule has 53 heavy (non-hydrogen) atoms. The molecule has 0 aliphatic carbocycles. The molecule has 1 heterocycles. The average molecular weight is 741 g/mol. The van der Waals surface area contributed by atoms with E-state index in [2.05, 4.69) is 16.3 Å². The maximum absolute atomic E-state index is 15.4. The second-order valence-corrected chi connectivity index (χ2v) is 17.0. The summed E-state index contributed by atoms with van der Waals surface area (Å²) in [6, 6.07) is 32.0. The summed E-state index contributed by atoms with van der Waals surface area (Å²) in [4.78, 5) is 30.0. The van der Waals surface area contributed by atoms with Crippen LogP contribution in [-0.4, -0.2) is 43.4 Å². The normalized spacial score (nSPS) is 13.1. The van der Waals surface area contributed by atoms with E-state index < -0.39 is 48.0 Å². The van der Waals surface area contributed by atoms with Gasteiger partial charge in [-0.25, -0.2) is 4.79 Å². The fourth-order valence-electron chi connectivity index (χ4n) is 6.63. The van der Waals surface area contributed by atoms with Crippen molar-refractivity contribution in [3.05, 3.63) is 127 Å². The molecule has 5 aromatic rings. The maximum Gasteiger partial charge on any atom is 0.416 e. The monoisotopic (exact) mass is 740 g/mol. The van der Waals surface area contributed by atoms with Crippen molar-refractivity contribution in [1.82, 2.24) is 15.1 Å². The molecule has 0 spiro atoms. The van der Waals surface area contributed by atoms with Gasteiger partial charge in [0, 0.05) is 5.56 Å². The third-order valence-corrected chi connectivity index (χ3v) is 13.2. The van der Waals surface area contributed by atoms with Gasteiger partial charge in [-0.1, -0.05) is 132 Å². The van der Waals surface area contributed by atoms with E-state index in [4.69, 9.17) is 4.42 Å². The van der Waals surface area contributed by atoms with Gasteiger partial charge in [0.1, 0.15) is 23.4 Å². The number of amides is 1. The zero-order chi connectivity index (χ0) is 38.4. The first-order valence-electron chi connectivity index (χ1n) is 17.1. The van der Waals surface area contributed by atoms with Crippen molar-refractivity contribution in [2.45, 2.75) is 65.2 Å². The SMILES string of the molecule is CCCC[C@@H](C(=O)C(C#N)=P(c1ccccc1)(c1ccccc1)c1ccccc1)N(C(=O)O)[C@H](c1nnc(-c2ccc(C(F)(F)F)cc2)o1)C(C)(C)C. The van der Waals surface area contributed by atoms with Crippen LogP contribution in [0, 0.1) is 16.7 Å². The van der Waals surface area contributed by atoms with Crippen LogP contribution >= 0.6 is 6.89 Å². The number of hydrogen-bond acceptors (Lipinski definition) is 6. The number of alkyl halides is 3. The first-order valence-corrected chi connectivity index (χ1v) is 18.9. The van der Waals surface area contributed by atoms with Crippen LogP contribution in [0.4, 0.5) is 18.0 Å². The number of hydrogen-bond donors (Lipinski definition) is 1. The molecule has 0 radical (unpaired) electrons. The highest BCUT2D eigenvalue weighted by Gasteiger charge is 2.47. The van der Waals surface area contributed by atoms with Gasteiger partial charge in [0.15, 0.2) is 5.78 Å². The second-order valence-electron chi connectivity index (χ2n) is 13.6. The fraction of sp³-hybridized carbons (Fsp3) is 0.268. The van der Waals surface area contributed by atoms with Crippen molar-refractivity contribution in [1.29, 1.82) is 5.26 Å². The Hall–Kier alpha value is -5.46. The summed E-state index contributed by atoms with van der Waals surface area (Å²) in [6.07, 6.45) is -4.79. The number of nitrogens with zero attached hydrogens (tertiary/aromatic N) is 4. The zero-order valence-corrected chi connectivity index (χ0v) is 30.7. The maximum atomic E-state index is 15.4. The molecule has 274 valence electrons. The molecule has 12 heteroatoms. The minimum atomic E-state index is -4.54. The molecule has 0 aliphatic rings. The summed E-state index contributed by atoms with van der Waals surface area (Å²) < 4.78 is 45.8. The lowest BCUT2D eigenvalue weighted by molar-refractivity contribution is -0.137. The Morgan fingerprint density at radius 3 is 1.72 bits per heavy atom. The Morgan fingerprint density at radius 2 is 1.32 bits per heavy atom. The van der Waals surface area contributed by atoms with Gasteiger partial charge in [-0.3, -0.25) is 9.69 Å². The number of carboxylic acid groups (broad SMARTS) is 1. The Labute approximate surface area is 306 Å². The van der Waals surface area contributed by atoms with Gasteiger partial charge >= 0.3 is 12.3 Å². The van der Waals surface area contributed by atoms with E-state index in [1.54, 1.807) is 20.8 Å². The summed E-state index contributed by atoms with van der Waals surface area (Å²) in [5.74, 6) is -0.890. The van der Waals surface area contributed by atoms with Gasteiger partial charge in [0.2, 0.25) is 11.8 Å². The summed E-state index contributed by atoms with van der Waals surface area (Å²) in [7, 11) is 0. The molecule has 0 fully saturated rings. The molecule has 8 nitrogen and oxygen atoms in total. The van der Waals surface area contributed by atoms with E-state index in [1.165, 1.54) is 12.1 Å². The van der Waals surface area contributed by atoms with Crippen LogP contribution < -0.4 is 15.9 Å². The molecule has 0 saturated carbocycles. The number of halogens is 3. The van der Waals surface area contributed by atoms with Crippen molar-refractivity contribution in [2.24, 2.45) is 5.41 Å². The van der Waals surface area contributed by atoms with E-state index in [0.717, 1.165) is 32.9 Å². The molecule has 1 aromatic heterocycles. The highest BCUT2D eigenvalue weighted by atomic mass is 31.2. The minimum Gasteiger partial charge on any atom is -0.465 e. The topological polar surface area (TPSA) is 120 Å². The quantitative estimate of drug-likeness (QED) is 0.127. The smallest absolute Gasteiger partial charge is 0.416 e. The number of rotatable bonds is 12. The van der Waals surface area contributed by atoms with Crippen molar-refractivity contribution in [2.75, 3.05) is 0 Å². The Balaban J connectivity index is 1.76. The van der Waals surface area contributed by atoms with Gasteiger partial charge in [-0.15, -0.1) is 10.2 Å². The summed E-state index contributed by atoms with van der Waals surface area (Å²) >= 11 is 0. The molecule has 1 amide bonds. The molecular formula is C41H40F3N4O4P. The fourth-order valence-corrected chi connectivity index (χ4v) is 10.8. The van der Waals surface area contributed by atoms with Crippen LogP contribution in [0.5, 0.6) is 0 Å². The molecule has 0 aliphatic heterocycles. The molecule has 0 saturated heterocycles. The first kappa shape index (κ1) is 38.8. The van der Waals surface area contributed by atoms with Crippen LogP contribution in [0.3, 0.4) is 0 Å². The Bertz CT molecular complexity index is 2020. The third-order valence-electron chi connectivity index (χ3n) is 9.03. The van der Waals surface area contributed by atoms with E-state index in [-0.39, 0.29) is 29.1 Å². The first-order chi connectivity index (χ1) is 25.2. The molecular weight excluding hydrogens is 700 g/mol. The molecule has 1 N–H and O–H groups in total. The van der Waals surface area contributed by atoms with Crippen molar-refractivity contribution >= 4 is 40.0 Å². The number of unbranched alkanes of at least 4 members (excludes halogenated alkanes) is 1. The van der Waals surface area contributed by atoms with Gasteiger partial charge < -0.3 is 9.52 Å². The number of ketones is 1. The van der Waals surface area contributed by atoms with Crippen LogP contribution in [0.2, 0.25) is 0 Å². The third kappa shape index (κ3) is 7.98. The van der Waals surface area contributed by atoms with Crippen molar-refractivity contribution < 1.29 is 32.3 Å². The predicted molar refractivity (Wildman–Crippen MR) is 201 cm³/mol. The van der Waals surface area contributed by atoms with Crippen LogP contribution in [0.15, 0.2) is 120 Å². The number of carbonyl (C=O) groups excluding carboxylic acids is 1. The summed E-state index contributed by atoms with van der Waals surface area (Å²) in [5, 5.41) is 32.7. The lowest BCUT2D eigenvalue weighted by Gasteiger charge is -2.41. The standard InChI is InChI=1S/C41H40F3N4O4P/c1-5-6-22-33(48(39(50)51)36(40(2,3)4)38-47-46-37(52-38)28-23-25-29(26-24-28)41(42,43)44)35(49)34(27-45)53(30-16-10-7-11-17-30,31-18-12-8-13-19-31)32-20-14-9-15-21-32/h7-21,23-26,33,36H,5-6,22H2,1-4H3,(H,50,51)/t33-,36+/m0/s1. The number of aromatic nitrogens is 2. The predicted octanol–water partition coefficient (Wildman–Crippen LogP) is 8.64. The highest BCUT2D eigenvalue weighted by Crippen LogP contribution is 2.48. The van der Waals surface area contributed by atoms with Gasteiger partial charge in [-0.05, 0) is 58.9 Å². The average Bonchev–Trinajstić information content (AvgIpc) is 3.63. The number of benzene rings is 4. The summed E-state index contributed by atoms with van der Waals surface area (Å²) in [6.45, 7) is 4.00. The number of carbonyl (C=O) groups is 2. The second kappa shape index (κ2) is 16.1. The van der Waals surface area contributed by atoms with E-state index in [1.807, 2.05) is 97.9 Å². The lowest BCUT2D eigenvalue weighted by atomic mass is 9.84. The van der Waals surface area contributed by atoms with Gasteiger partial charge in [0.05, 0.1) is 5.56 Å². The van der Waals surface area contributed by atoms with Crippen LogP contribution in [0.1, 0.15) is 64.5 Å². The summed E-state index contributed by atoms with van der Waals surface area (Å²) in [5.41, 5.74) is -1.59. The van der Waals surface area contributed by atoms with Crippen molar-refractivity contribution in [3.63, 3.8) is 0 Å². The largest absolute Gasteiger partial charge is 0.465 e. The molecule has 4 aromatic carbocycles. The van der Waals surface area contributed by atoms with Crippen LogP contribution in [-0.2, 0) is 11.0 Å². The number of Topliss-reactive ketones (excluding diaryl/α,β-unsaturated/α-hetero) is 1. The number of nitriles is 1. The molecule has 0 bridgehead atoms. The Morgan fingerprint density at radius 1 is 0.830 bits per heavy atom. The Kier molecular flexibility index (Phi) is 11.7. The van der Waals surface area contributed by atoms with Crippen LogP contribution in [0.25, 0.3) is 11.5 Å². The molecule has 0 unspecified atom stereocenters. The highest BCUT2D eigenvalue weighted by molar-refractivity contribution is 7.97. The van der Waals surface area contributed by atoms with E-state index in [0.29, 0.717) is 12.8 Å². The van der Waals surface area contributed by atoms with Gasteiger partial charge in [-0.2, -0.15) is 18.4 Å². The molecule has 2 atom stereocenters. The van der Waals surface area contributed by atoms with E-state index >= 15 is 4.79 Å². The molecule has 5 rings (SSSR count).